The molecule has 0 atom stereocenters. The zero-order chi connectivity index (χ0) is 22.2. The molecule has 1 N–H and O–H groups in total. The largest absolute Gasteiger partial charge is 0.321 e. The van der Waals surface area contributed by atoms with Crippen LogP contribution in [-0.2, 0) is 0 Å². The van der Waals surface area contributed by atoms with Crippen LogP contribution in [-0.4, -0.2) is 16.7 Å². The summed E-state index contributed by atoms with van der Waals surface area (Å²) in [6, 6.07) is 21.4. The molecule has 0 aliphatic heterocycles. The number of carbonyl (C=O) groups excluding carboxylic acids is 2. The summed E-state index contributed by atoms with van der Waals surface area (Å²) in [6.07, 6.45) is 2.17. The van der Waals surface area contributed by atoms with Gasteiger partial charge in [0.15, 0.2) is 5.78 Å². The third-order valence-corrected chi connectivity index (χ3v) is 6.27. The number of nitrogens with zero attached hydrogens (tertiary/aromatic N) is 1. The van der Waals surface area contributed by atoms with Crippen molar-refractivity contribution in [1.29, 1.82) is 0 Å². The summed E-state index contributed by atoms with van der Waals surface area (Å²) in [6.45, 7) is 0. The zero-order valence-electron chi connectivity index (χ0n) is 16.9. The number of fused-ring (bicyclic) bond motifs is 1. The average Bonchev–Trinajstić information content (AvgIpc) is 3.65. The Labute approximate surface area is 198 Å². The Balaban J connectivity index is 1.56. The lowest BCUT2D eigenvalue weighted by Gasteiger charge is -2.13. The van der Waals surface area contributed by atoms with Gasteiger partial charge in [-0.25, -0.2) is 0 Å². The second kappa shape index (κ2) is 8.49. The highest BCUT2D eigenvalue weighted by Gasteiger charge is 2.27. The predicted molar refractivity (Wildman–Crippen MR) is 131 cm³/mol. The van der Waals surface area contributed by atoms with Crippen molar-refractivity contribution in [2.75, 3.05) is 5.32 Å². The summed E-state index contributed by atoms with van der Waals surface area (Å²) in [5, 5.41) is 4.12. The van der Waals surface area contributed by atoms with Gasteiger partial charge in [0, 0.05) is 37.6 Å². The minimum absolute atomic E-state index is 0.204. The second-order valence-electron chi connectivity index (χ2n) is 7.87. The topological polar surface area (TPSA) is 59.1 Å². The van der Waals surface area contributed by atoms with Crippen molar-refractivity contribution in [3.8, 4) is 0 Å². The molecule has 4 aromatic rings. The number of ketones is 1. The molecular weight excluding hydrogens is 488 g/mol. The molecule has 4 nitrogen and oxygen atoms in total. The number of carbonyl (C=O) groups is 2. The molecule has 1 aliphatic rings. The third-order valence-electron chi connectivity index (χ3n) is 5.54. The van der Waals surface area contributed by atoms with Crippen LogP contribution >= 0.6 is 27.5 Å². The maximum absolute atomic E-state index is 13.4. The van der Waals surface area contributed by atoms with Crippen molar-refractivity contribution >= 4 is 55.8 Å². The number of anilines is 1. The predicted octanol–water partition coefficient (Wildman–Crippen LogP) is 7.01. The van der Waals surface area contributed by atoms with Crippen molar-refractivity contribution in [2.24, 2.45) is 0 Å². The maximum Gasteiger partial charge on any atom is 0.256 e. The number of aromatic nitrogens is 1. The second-order valence-corrected chi connectivity index (χ2v) is 9.22. The Kier molecular flexibility index (Phi) is 5.53. The van der Waals surface area contributed by atoms with E-state index in [1.807, 2.05) is 30.3 Å². The van der Waals surface area contributed by atoms with Crippen molar-refractivity contribution in [2.45, 2.75) is 18.8 Å². The average molecular weight is 506 g/mol. The van der Waals surface area contributed by atoms with Crippen LogP contribution in [0.1, 0.15) is 50.7 Å². The Bertz CT molecular complexity index is 1370. The molecular formula is C26H18BrClN2O2. The fourth-order valence-corrected chi connectivity index (χ4v) is 4.28. The highest BCUT2D eigenvalue weighted by Crippen LogP contribution is 2.40. The summed E-state index contributed by atoms with van der Waals surface area (Å²) in [7, 11) is 0. The van der Waals surface area contributed by atoms with Crippen molar-refractivity contribution in [1.82, 2.24) is 4.98 Å². The molecule has 0 bridgehead atoms. The first kappa shape index (κ1) is 20.9. The Hall–Kier alpha value is -3.02. The molecule has 1 aliphatic carbocycles. The number of benzene rings is 3. The number of rotatable bonds is 5. The fourth-order valence-electron chi connectivity index (χ4n) is 3.74. The number of halogens is 2. The molecule has 1 saturated carbocycles. The molecule has 0 radical (unpaired) electrons. The van der Waals surface area contributed by atoms with Crippen LogP contribution in [0, 0.1) is 0 Å². The summed E-state index contributed by atoms with van der Waals surface area (Å²) < 4.78 is 0.867. The molecule has 0 unspecified atom stereocenters. The maximum atomic E-state index is 13.4. The van der Waals surface area contributed by atoms with Crippen LogP contribution in [0.4, 0.5) is 5.69 Å². The Morgan fingerprint density at radius 1 is 0.938 bits per heavy atom. The molecule has 1 amide bonds. The van der Waals surface area contributed by atoms with Gasteiger partial charge in [0.05, 0.1) is 16.8 Å². The van der Waals surface area contributed by atoms with Gasteiger partial charge in [0.25, 0.3) is 5.91 Å². The van der Waals surface area contributed by atoms with E-state index in [9.17, 15) is 9.59 Å². The van der Waals surface area contributed by atoms with E-state index in [2.05, 4.69) is 21.2 Å². The molecule has 158 valence electrons. The molecule has 1 aromatic heterocycles. The normalized spacial score (nSPS) is 13.2. The molecule has 6 heteroatoms. The van der Waals surface area contributed by atoms with Gasteiger partial charge in [-0.2, -0.15) is 0 Å². The molecule has 0 spiro atoms. The van der Waals surface area contributed by atoms with Crippen molar-refractivity contribution < 1.29 is 9.59 Å². The van der Waals surface area contributed by atoms with Gasteiger partial charge in [-0.3, -0.25) is 14.6 Å². The van der Waals surface area contributed by atoms with Gasteiger partial charge in [-0.15, -0.1) is 0 Å². The number of nitrogens with one attached hydrogen (secondary N) is 1. The van der Waals surface area contributed by atoms with Gasteiger partial charge in [-0.1, -0.05) is 57.9 Å². The van der Waals surface area contributed by atoms with E-state index in [1.165, 1.54) is 0 Å². The molecule has 3 aromatic carbocycles. The van der Waals surface area contributed by atoms with Gasteiger partial charge in [0.1, 0.15) is 0 Å². The zero-order valence-corrected chi connectivity index (χ0v) is 19.3. The quantitative estimate of drug-likeness (QED) is 0.297. The fraction of sp³-hybridized carbons (Fsp3) is 0.115. The molecule has 5 rings (SSSR count). The first-order valence-corrected chi connectivity index (χ1v) is 11.5. The summed E-state index contributed by atoms with van der Waals surface area (Å²) in [5.74, 6) is -0.0911. The summed E-state index contributed by atoms with van der Waals surface area (Å²) >= 11 is 9.67. The summed E-state index contributed by atoms with van der Waals surface area (Å²) in [4.78, 5) is 31.3. The first-order valence-electron chi connectivity index (χ1n) is 10.3. The van der Waals surface area contributed by atoms with Gasteiger partial charge in [-0.05, 0) is 55.3 Å². The van der Waals surface area contributed by atoms with E-state index < -0.39 is 0 Å². The number of pyridine rings is 1. The SMILES string of the molecule is O=C(c1ccccc1)c1cc(Cl)ccc1NC(=O)c1cc(C2CC2)nc2ccc(Br)cc12. The molecule has 0 saturated heterocycles. The van der Waals surface area contributed by atoms with E-state index >= 15 is 0 Å². The van der Waals surface area contributed by atoms with E-state index in [1.54, 1.807) is 42.5 Å². The lowest BCUT2D eigenvalue weighted by Crippen LogP contribution is -2.16. The standard InChI is InChI=1S/C26H18BrClN2O2/c27-17-8-10-22-19(12-17)20(14-24(29-22)15-6-7-15)26(32)30-23-11-9-18(28)13-21(23)25(31)16-4-2-1-3-5-16/h1-5,8-15H,6-7H2,(H,30,32). The Morgan fingerprint density at radius 2 is 1.72 bits per heavy atom. The van der Waals surface area contributed by atoms with E-state index in [0.29, 0.717) is 33.3 Å². The number of amides is 1. The van der Waals surface area contributed by atoms with Gasteiger partial charge >= 0.3 is 0 Å². The molecule has 1 fully saturated rings. The Morgan fingerprint density at radius 3 is 2.47 bits per heavy atom. The highest BCUT2D eigenvalue weighted by molar-refractivity contribution is 9.10. The van der Waals surface area contributed by atoms with E-state index in [-0.39, 0.29) is 11.7 Å². The number of hydrogen-bond acceptors (Lipinski definition) is 3. The van der Waals surface area contributed by atoms with Crippen LogP contribution in [0.5, 0.6) is 0 Å². The minimum atomic E-state index is -0.290. The lowest BCUT2D eigenvalue weighted by molar-refractivity contribution is 0.102. The van der Waals surface area contributed by atoms with Gasteiger partial charge < -0.3 is 5.32 Å². The van der Waals surface area contributed by atoms with E-state index in [4.69, 9.17) is 16.6 Å². The highest BCUT2D eigenvalue weighted by atomic mass is 79.9. The van der Waals surface area contributed by atoms with Crippen LogP contribution in [0.2, 0.25) is 5.02 Å². The molecule has 1 heterocycles. The van der Waals surface area contributed by atoms with Gasteiger partial charge in [0.2, 0.25) is 0 Å². The first-order chi connectivity index (χ1) is 15.5. The van der Waals surface area contributed by atoms with Crippen LogP contribution in [0.3, 0.4) is 0 Å². The van der Waals surface area contributed by atoms with Crippen molar-refractivity contribution in [3.05, 3.63) is 105 Å². The van der Waals surface area contributed by atoms with Crippen molar-refractivity contribution in [3.63, 3.8) is 0 Å². The number of hydrogen-bond donors (Lipinski definition) is 1. The monoisotopic (exact) mass is 504 g/mol. The van der Waals surface area contributed by atoms with Crippen LogP contribution < -0.4 is 5.32 Å². The van der Waals surface area contributed by atoms with Crippen LogP contribution in [0.25, 0.3) is 10.9 Å². The van der Waals surface area contributed by atoms with Crippen LogP contribution in [0.15, 0.2) is 77.3 Å². The smallest absolute Gasteiger partial charge is 0.256 e. The summed E-state index contributed by atoms with van der Waals surface area (Å²) in [5.41, 5.74) is 3.53. The molecule has 32 heavy (non-hydrogen) atoms. The lowest BCUT2D eigenvalue weighted by atomic mass is 10.0. The third kappa shape index (κ3) is 4.18. The van der Waals surface area contributed by atoms with E-state index in [0.717, 1.165) is 33.9 Å². The minimum Gasteiger partial charge on any atom is -0.321 e.